The predicted molar refractivity (Wildman–Crippen MR) is 105 cm³/mol. The van der Waals surface area contributed by atoms with Crippen LogP contribution >= 0.6 is 11.6 Å². The normalized spacial score (nSPS) is 28.6. The van der Waals surface area contributed by atoms with E-state index in [4.69, 9.17) is 16.3 Å². The van der Waals surface area contributed by atoms with Crippen molar-refractivity contribution in [2.45, 2.75) is 37.6 Å². The monoisotopic (exact) mass is 396 g/mol. The summed E-state index contributed by atoms with van der Waals surface area (Å²) in [5.41, 5.74) is 1.70. The van der Waals surface area contributed by atoms with E-state index in [0.717, 1.165) is 11.1 Å². The molecule has 3 saturated heterocycles. The van der Waals surface area contributed by atoms with Gasteiger partial charge in [-0.2, -0.15) is 0 Å². The zero-order chi connectivity index (χ0) is 19.5. The van der Waals surface area contributed by atoms with Gasteiger partial charge in [-0.15, -0.1) is 0 Å². The number of hydrogen-bond acceptors (Lipinski definition) is 3. The molecule has 2 aromatic rings. The van der Waals surface area contributed by atoms with Gasteiger partial charge >= 0.3 is 0 Å². The first-order valence-corrected chi connectivity index (χ1v) is 9.98. The maximum absolute atomic E-state index is 13.3. The molecule has 5 nitrogen and oxygen atoms in total. The molecule has 3 aliphatic rings. The molecular weight excluding hydrogens is 376 g/mol. The number of hydrogen-bond donors (Lipinski definition) is 0. The highest BCUT2D eigenvalue weighted by Crippen LogP contribution is 2.51. The van der Waals surface area contributed by atoms with Crippen LogP contribution in [0, 0.1) is 6.92 Å². The van der Waals surface area contributed by atoms with Crippen LogP contribution in [0.2, 0.25) is 5.02 Å². The van der Waals surface area contributed by atoms with Crippen LogP contribution in [0.5, 0.6) is 0 Å². The number of carbonyl (C=O) groups is 2. The van der Waals surface area contributed by atoms with E-state index in [1.54, 1.807) is 11.0 Å². The van der Waals surface area contributed by atoms with E-state index in [9.17, 15) is 9.59 Å². The minimum absolute atomic E-state index is 0.0521. The van der Waals surface area contributed by atoms with Gasteiger partial charge < -0.3 is 14.5 Å². The highest BCUT2D eigenvalue weighted by molar-refractivity contribution is 6.34. The topological polar surface area (TPSA) is 49.9 Å². The van der Waals surface area contributed by atoms with Crippen LogP contribution in [0.15, 0.2) is 48.5 Å². The second-order valence-corrected chi connectivity index (χ2v) is 8.15. The van der Waals surface area contributed by atoms with E-state index in [0.29, 0.717) is 36.5 Å². The third kappa shape index (κ3) is 2.43. The lowest BCUT2D eigenvalue weighted by Crippen LogP contribution is -2.48. The van der Waals surface area contributed by atoms with Crippen molar-refractivity contribution in [3.8, 4) is 0 Å². The van der Waals surface area contributed by atoms with Crippen molar-refractivity contribution in [3.63, 3.8) is 0 Å². The molecule has 28 heavy (non-hydrogen) atoms. The zero-order valence-electron chi connectivity index (χ0n) is 15.6. The molecule has 0 aliphatic carbocycles. The minimum Gasteiger partial charge on any atom is -0.343 e. The van der Waals surface area contributed by atoms with E-state index in [1.165, 1.54) is 0 Å². The fourth-order valence-corrected chi connectivity index (χ4v) is 5.08. The molecule has 5 rings (SSSR count). The number of amides is 2. The van der Waals surface area contributed by atoms with Crippen LogP contribution in [-0.2, 0) is 9.53 Å². The molecule has 0 unspecified atom stereocenters. The van der Waals surface area contributed by atoms with Crippen molar-refractivity contribution in [1.82, 2.24) is 9.80 Å². The molecule has 3 atom stereocenters. The average molecular weight is 397 g/mol. The van der Waals surface area contributed by atoms with Gasteiger partial charge in [0.25, 0.3) is 5.91 Å². The molecule has 3 heterocycles. The van der Waals surface area contributed by atoms with Gasteiger partial charge in [0.1, 0.15) is 6.10 Å². The second-order valence-electron chi connectivity index (χ2n) is 7.77. The average Bonchev–Trinajstić information content (AvgIpc) is 3.33. The molecular formula is C22H21ClN2O3. The summed E-state index contributed by atoms with van der Waals surface area (Å²) in [6.07, 6.45) is 0.768. The summed E-state index contributed by atoms with van der Waals surface area (Å²) in [7, 11) is 0. The Balaban J connectivity index is 1.46. The summed E-state index contributed by atoms with van der Waals surface area (Å²) in [4.78, 5) is 29.6. The molecule has 6 heteroatoms. The van der Waals surface area contributed by atoms with Crippen molar-refractivity contribution in [2.75, 3.05) is 13.1 Å². The fraction of sp³-hybridized carbons (Fsp3) is 0.364. The van der Waals surface area contributed by atoms with Gasteiger partial charge in [0.2, 0.25) is 5.91 Å². The van der Waals surface area contributed by atoms with E-state index >= 15 is 0 Å². The van der Waals surface area contributed by atoms with Crippen LogP contribution in [0.25, 0.3) is 0 Å². The standard InChI is InChI=1S/C22H21ClN2O3/c1-14-6-5-9-16(20(14)23)21(27)24-11-10-22-18(24)12-19(26)25(22)13-17(28-22)15-7-3-2-4-8-15/h2-9,17-18H,10-13H2,1H3/t17-,18-,22+/m1/s1. The van der Waals surface area contributed by atoms with Crippen molar-refractivity contribution < 1.29 is 14.3 Å². The van der Waals surface area contributed by atoms with E-state index in [1.807, 2.05) is 54.3 Å². The zero-order valence-corrected chi connectivity index (χ0v) is 16.4. The SMILES string of the molecule is Cc1cccc(C(=O)N2CC[C@@]34O[C@@H](c5ccccc5)CN3C(=O)C[C@@H]24)c1Cl. The number of halogens is 1. The van der Waals surface area contributed by atoms with E-state index in [-0.39, 0.29) is 24.0 Å². The van der Waals surface area contributed by atoms with Gasteiger partial charge in [0.05, 0.1) is 29.6 Å². The highest BCUT2D eigenvalue weighted by atomic mass is 35.5. The van der Waals surface area contributed by atoms with Gasteiger partial charge in [-0.05, 0) is 24.1 Å². The number of carbonyl (C=O) groups excluding carboxylic acids is 2. The third-order valence-corrected chi connectivity index (χ3v) is 6.78. The molecule has 2 amide bonds. The summed E-state index contributed by atoms with van der Waals surface area (Å²) in [5.74, 6) is -0.0757. The van der Waals surface area contributed by atoms with E-state index in [2.05, 4.69) is 0 Å². The summed E-state index contributed by atoms with van der Waals surface area (Å²) in [5, 5.41) is 0.476. The summed E-state index contributed by atoms with van der Waals surface area (Å²) >= 11 is 6.39. The number of aryl methyl sites for hydroxylation is 1. The Kier molecular flexibility index (Phi) is 4.00. The first kappa shape index (κ1) is 17.7. The first-order valence-electron chi connectivity index (χ1n) is 9.60. The summed E-state index contributed by atoms with van der Waals surface area (Å²) in [6.45, 7) is 2.97. The molecule has 0 bridgehead atoms. The molecule has 2 aromatic carbocycles. The smallest absolute Gasteiger partial charge is 0.255 e. The van der Waals surface area contributed by atoms with Gasteiger partial charge in [-0.3, -0.25) is 9.59 Å². The van der Waals surface area contributed by atoms with Crippen LogP contribution in [0.4, 0.5) is 0 Å². The minimum atomic E-state index is -0.719. The van der Waals surface area contributed by atoms with Crippen LogP contribution in [0.3, 0.4) is 0 Å². The molecule has 3 fully saturated rings. The molecule has 0 N–H and O–H groups in total. The van der Waals surface area contributed by atoms with Gasteiger partial charge in [0.15, 0.2) is 5.72 Å². The highest BCUT2D eigenvalue weighted by Gasteiger charge is 2.65. The van der Waals surface area contributed by atoms with Gasteiger partial charge in [-0.25, -0.2) is 0 Å². The Hall–Kier alpha value is -2.37. The molecule has 0 saturated carbocycles. The van der Waals surface area contributed by atoms with Crippen molar-refractivity contribution >= 4 is 23.4 Å². The Labute approximate surface area is 168 Å². The van der Waals surface area contributed by atoms with Crippen molar-refractivity contribution in [2.24, 2.45) is 0 Å². The Morgan fingerprint density at radius 3 is 2.75 bits per heavy atom. The Morgan fingerprint density at radius 2 is 1.96 bits per heavy atom. The third-order valence-electron chi connectivity index (χ3n) is 6.28. The Bertz CT molecular complexity index is 964. The first-order chi connectivity index (χ1) is 13.5. The predicted octanol–water partition coefficient (Wildman–Crippen LogP) is 3.56. The van der Waals surface area contributed by atoms with Crippen molar-refractivity contribution in [1.29, 1.82) is 0 Å². The lowest BCUT2D eigenvalue weighted by molar-refractivity contribution is -0.138. The number of benzene rings is 2. The Morgan fingerprint density at radius 1 is 1.18 bits per heavy atom. The number of nitrogens with zero attached hydrogens (tertiary/aromatic N) is 2. The number of rotatable bonds is 2. The van der Waals surface area contributed by atoms with Crippen LogP contribution in [0.1, 0.15) is 40.4 Å². The molecule has 144 valence electrons. The van der Waals surface area contributed by atoms with Gasteiger partial charge in [-0.1, -0.05) is 54.1 Å². The molecule has 0 aromatic heterocycles. The fourth-order valence-electron chi connectivity index (χ4n) is 4.88. The van der Waals surface area contributed by atoms with E-state index < -0.39 is 5.72 Å². The maximum Gasteiger partial charge on any atom is 0.255 e. The van der Waals surface area contributed by atoms with Gasteiger partial charge in [0, 0.05) is 13.0 Å². The lowest BCUT2D eigenvalue weighted by atomic mass is 10.0. The maximum atomic E-state index is 13.3. The summed E-state index contributed by atoms with van der Waals surface area (Å²) < 4.78 is 6.50. The van der Waals surface area contributed by atoms with Crippen LogP contribution in [-0.4, -0.2) is 46.5 Å². The summed E-state index contributed by atoms with van der Waals surface area (Å²) in [6, 6.07) is 15.2. The largest absolute Gasteiger partial charge is 0.343 e. The van der Waals surface area contributed by atoms with Crippen LogP contribution < -0.4 is 0 Å². The quantitative estimate of drug-likeness (QED) is 0.779. The molecule has 1 spiro atoms. The number of likely N-dealkylation sites (tertiary alicyclic amines) is 1. The second kappa shape index (κ2) is 6.33. The molecule has 0 radical (unpaired) electrons. The number of ether oxygens (including phenoxy) is 1. The van der Waals surface area contributed by atoms with Crippen molar-refractivity contribution in [3.05, 3.63) is 70.2 Å². The lowest BCUT2D eigenvalue weighted by Gasteiger charge is -2.32. The molecule has 3 aliphatic heterocycles.